The standard InChI is InChI=1S/C28H46N4O24P6/c29-25-14-16-32(28(36)31-25)26-18-23(34)24(51-26)20-50-58(39,40)53-60(43,44)55-62(47,48)56-61(45,46)54-59(41,42)52-57(37,38)49-17-9-7-5-3-1-2-4-6-8-15-30-27(35)22-12-10-21(19-33)11-13-22/h10-14,16,19,23-24,26,34H,1-9,15,17-18,20H2,(H,30,35)(H,37,38)(H,39,40)(H,41,42)(H,43,44)(H,45,46)(H,47,48)(H2,29,31,36)/t23?,24-,26-/m1/s1. The van der Waals surface area contributed by atoms with Gasteiger partial charge in [0, 0.05) is 30.3 Å². The summed E-state index contributed by atoms with van der Waals surface area (Å²) >= 11 is 0. The van der Waals surface area contributed by atoms with Gasteiger partial charge in [-0.1, -0.05) is 57.1 Å². The summed E-state index contributed by atoms with van der Waals surface area (Å²) in [5, 5.41) is 13.0. The number of hydrogen-bond acceptors (Lipinski definition) is 20. The predicted octanol–water partition coefficient (Wildman–Crippen LogP) is 3.95. The number of nitrogens with one attached hydrogen (secondary N) is 1. The summed E-state index contributed by atoms with van der Waals surface area (Å²) in [5.74, 6) is -0.358. The van der Waals surface area contributed by atoms with Crippen LogP contribution < -0.4 is 16.7 Å². The Bertz CT molecular complexity index is 2180. The molecule has 62 heavy (non-hydrogen) atoms. The second kappa shape index (κ2) is 23.8. The van der Waals surface area contributed by atoms with Gasteiger partial charge in [0.2, 0.25) is 0 Å². The first-order chi connectivity index (χ1) is 28.7. The van der Waals surface area contributed by atoms with Crippen LogP contribution in [0.4, 0.5) is 5.82 Å². The van der Waals surface area contributed by atoms with Crippen LogP contribution in [0.1, 0.15) is 91.2 Å². The van der Waals surface area contributed by atoms with Gasteiger partial charge < -0.3 is 50.3 Å². The summed E-state index contributed by atoms with van der Waals surface area (Å²) in [6, 6.07) is 7.47. The molecule has 34 heteroatoms. The monoisotopic (exact) mass is 1010 g/mol. The third-order valence-electron chi connectivity index (χ3n) is 7.97. The summed E-state index contributed by atoms with van der Waals surface area (Å²) < 4.78 is 107. The van der Waals surface area contributed by atoms with Crippen molar-refractivity contribution in [3.8, 4) is 0 Å². The van der Waals surface area contributed by atoms with Crippen molar-refractivity contribution in [2.75, 3.05) is 25.5 Å². The zero-order chi connectivity index (χ0) is 46.4. The molecular formula is C28H46N4O24P6. The van der Waals surface area contributed by atoms with E-state index in [1.54, 1.807) is 24.3 Å². The van der Waals surface area contributed by atoms with Crippen LogP contribution >= 0.6 is 46.9 Å². The van der Waals surface area contributed by atoms with Crippen LogP contribution in [-0.4, -0.2) is 88.2 Å². The molecule has 0 bridgehead atoms. The molecule has 1 aliphatic heterocycles. The number of carbonyl (C=O) groups is 2. The van der Waals surface area contributed by atoms with E-state index in [4.69, 9.17) is 10.5 Å². The second-order valence-electron chi connectivity index (χ2n) is 13.0. The number of nitrogens with two attached hydrogens (primary N) is 1. The number of phosphoric acid groups is 6. The number of ether oxygens (including phenoxy) is 1. The Hall–Kier alpha value is -2.18. The van der Waals surface area contributed by atoms with E-state index in [-0.39, 0.29) is 24.6 Å². The van der Waals surface area contributed by atoms with Crippen molar-refractivity contribution in [3.63, 3.8) is 0 Å². The van der Waals surface area contributed by atoms with E-state index in [1.165, 1.54) is 12.3 Å². The number of aliphatic hydroxyl groups is 1. The summed E-state index contributed by atoms with van der Waals surface area (Å²) in [6.45, 7) is -1.09. The van der Waals surface area contributed by atoms with Gasteiger partial charge in [-0.2, -0.15) is 26.5 Å². The number of aldehydes is 1. The highest BCUT2D eigenvalue weighted by Crippen LogP contribution is 2.75. The van der Waals surface area contributed by atoms with E-state index in [9.17, 15) is 76.2 Å². The largest absolute Gasteiger partial charge is 0.490 e. The Kier molecular flexibility index (Phi) is 20.8. The SMILES string of the molecule is Nc1ccn([C@H]2CC(O)[C@@H](COP(=O)(O)OP(=O)(O)OP(=O)(O)OP(=O)(O)OP(=O)(O)OP(=O)(O)OCCCCCCCCCCCNC(=O)c3ccc(C=O)cc3)O2)c(=O)n1. The molecule has 1 amide bonds. The highest BCUT2D eigenvalue weighted by Gasteiger charge is 2.50. The van der Waals surface area contributed by atoms with Crippen molar-refractivity contribution >= 4 is 64.9 Å². The Balaban J connectivity index is 1.31. The summed E-state index contributed by atoms with van der Waals surface area (Å²) in [7, 11) is -36.7. The average molecular weight is 1010 g/mol. The number of anilines is 1. The number of benzene rings is 1. The van der Waals surface area contributed by atoms with Crippen molar-refractivity contribution in [2.24, 2.45) is 0 Å². The van der Waals surface area contributed by atoms with Crippen molar-refractivity contribution < 1.29 is 107 Å². The third kappa shape index (κ3) is 20.3. The lowest BCUT2D eigenvalue weighted by Gasteiger charge is -2.21. The molecule has 1 saturated heterocycles. The second-order valence-corrected chi connectivity index (χ2v) is 22.4. The molecule has 2 heterocycles. The quantitative estimate of drug-likeness (QED) is 0.0316. The number of unbranched alkanes of at least 4 members (excludes halogenated alkanes) is 8. The Morgan fingerprint density at radius 2 is 1.21 bits per heavy atom. The van der Waals surface area contributed by atoms with Gasteiger partial charge in [-0.05, 0) is 31.0 Å². The molecule has 352 valence electrons. The molecule has 3 rings (SSSR count). The lowest BCUT2D eigenvalue weighted by Crippen LogP contribution is -2.28. The summed E-state index contributed by atoms with van der Waals surface area (Å²) in [4.78, 5) is 96.7. The van der Waals surface area contributed by atoms with E-state index in [1.807, 2.05) is 0 Å². The van der Waals surface area contributed by atoms with E-state index < -0.39 is 84.3 Å². The maximum absolute atomic E-state index is 12.3. The fourth-order valence-electron chi connectivity index (χ4n) is 5.27. The van der Waals surface area contributed by atoms with E-state index in [0.29, 0.717) is 36.8 Å². The minimum absolute atomic E-state index is 0.123. The number of nitrogen functional groups attached to an aromatic ring is 1. The number of amides is 1. The molecule has 1 fully saturated rings. The molecule has 0 saturated carbocycles. The maximum Gasteiger partial charge on any atom is 0.490 e. The molecule has 28 nitrogen and oxygen atoms in total. The zero-order valence-electron chi connectivity index (χ0n) is 32.2. The number of rotatable bonds is 29. The minimum atomic E-state index is -6.46. The molecule has 0 spiro atoms. The first-order valence-corrected chi connectivity index (χ1v) is 27.0. The highest BCUT2D eigenvalue weighted by molar-refractivity contribution is 7.72. The Morgan fingerprint density at radius 3 is 1.71 bits per heavy atom. The molecule has 1 aromatic carbocycles. The van der Waals surface area contributed by atoms with Gasteiger partial charge in [-0.15, -0.1) is 0 Å². The first kappa shape index (κ1) is 54.2. The molecule has 9 atom stereocenters. The minimum Gasteiger partial charge on any atom is -0.390 e. The van der Waals surface area contributed by atoms with Gasteiger partial charge >= 0.3 is 52.6 Å². The van der Waals surface area contributed by atoms with Crippen LogP contribution in [0, 0.1) is 0 Å². The van der Waals surface area contributed by atoms with Crippen LogP contribution in [-0.2, 0) is 62.7 Å². The Morgan fingerprint density at radius 1 is 0.742 bits per heavy atom. The zero-order valence-corrected chi connectivity index (χ0v) is 37.6. The summed E-state index contributed by atoms with van der Waals surface area (Å²) in [6.07, 6.45) is 3.94. The third-order valence-corrected chi connectivity index (χ3v) is 17.2. The average Bonchev–Trinajstić information content (AvgIpc) is 3.49. The van der Waals surface area contributed by atoms with E-state index in [2.05, 4.69) is 40.9 Å². The van der Waals surface area contributed by atoms with Crippen molar-refractivity contribution in [2.45, 2.75) is 82.6 Å². The molecule has 1 aromatic heterocycles. The van der Waals surface area contributed by atoms with Crippen LogP contribution in [0.5, 0.6) is 0 Å². The molecular weight excluding hydrogens is 962 g/mol. The van der Waals surface area contributed by atoms with Gasteiger partial charge in [0.15, 0.2) is 0 Å². The molecule has 1 aliphatic rings. The first-order valence-electron chi connectivity index (χ1n) is 18.1. The normalized spacial score (nSPS) is 22.5. The van der Waals surface area contributed by atoms with Gasteiger partial charge in [-0.25, -0.2) is 32.2 Å². The molecule has 0 radical (unpaired) electrons. The number of nitrogens with zero attached hydrogens (tertiary/aromatic N) is 2. The topological polar surface area (TPSA) is 425 Å². The van der Waals surface area contributed by atoms with E-state index >= 15 is 0 Å². The number of aliphatic hydroxyl groups excluding tert-OH is 1. The lowest BCUT2D eigenvalue weighted by molar-refractivity contribution is -0.0449. The number of hydrogen-bond donors (Lipinski definition) is 9. The molecule has 2 aromatic rings. The van der Waals surface area contributed by atoms with Crippen molar-refractivity contribution in [3.05, 3.63) is 58.1 Å². The van der Waals surface area contributed by atoms with Crippen molar-refractivity contribution in [1.82, 2.24) is 14.9 Å². The van der Waals surface area contributed by atoms with Crippen molar-refractivity contribution in [1.29, 1.82) is 0 Å². The number of aromatic nitrogens is 2. The number of phosphoric ester groups is 2. The Labute approximate surface area is 352 Å². The van der Waals surface area contributed by atoms with Gasteiger partial charge in [0.25, 0.3) is 5.91 Å². The van der Waals surface area contributed by atoms with Crippen LogP contribution in [0.2, 0.25) is 0 Å². The maximum atomic E-state index is 12.3. The van der Waals surface area contributed by atoms with Gasteiger partial charge in [-0.3, -0.25) is 23.2 Å². The number of carbonyl (C=O) groups excluding carboxylic acids is 2. The van der Waals surface area contributed by atoms with Crippen LogP contribution in [0.25, 0.3) is 0 Å². The van der Waals surface area contributed by atoms with Crippen LogP contribution in [0.3, 0.4) is 0 Å². The fourth-order valence-corrected chi connectivity index (χ4v) is 13.1. The van der Waals surface area contributed by atoms with Crippen LogP contribution in [0.15, 0.2) is 41.3 Å². The van der Waals surface area contributed by atoms with Gasteiger partial charge in [0.05, 0.1) is 19.3 Å². The fraction of sp³-hybridized carbons (Fsp3) is 0.571. The molecule has 0 aliphatic carbocycles. The van der Waals surface area contributed by atoms with E-state index in [0.717, 1.165) is 43.1 Å². The molecule has 10 N–H and O–H groups in total. The predicted molar refractivity (Wildman–Crippen MR) is 209 cm³/mol. The summed E-state index contributed by atoms with van der Waals surface area (Å²) in [5.41, 5.74) is 5.45. The molecule has 7 unspecified atom stereocenters. The lowest BCUT2D eigenvalue weighted by atomic mass is 10.1. The smallest absolute Gasteiger partial charge is 0.390 e. The van der Waals surface area contributed by atoms with Gasteiger partial charge in [0.1, 0.15) is 24.4 Å². The highest BCUT2D eigenvalue weighted by atomic mass is 31.3.